The Labute approximate surface area is 146 Å². The summed E-state index contributed by atoms with van der Waals surface area (Å²) in [6.07, 6.45) is 3.93. The predicted octanol–water partition coefficient (Wildman–Crippen LogP) is 3.73. The van der Waals surface area contributed by atoms with Gasteiger partial charge in [-0.25, -0.2) is 9.59 Å². The Morgan fingerprint density at radius 2 is 1.72 bits per heavy atom. The first kappa shape index (κ1) is 17.3. The quantitative estimate of drug-likeness (QED) is 0.715. The highest BCUT2D eigenvalue weighted by atomic mass is 16.5. The van der Waals surface area contributed by atoms with Gasteiger partial charge in [0.05, 0.1) is 41.9 Å². The van der Waals surface area contributed by atoms with Crippen LogP contribution < -0.4 is 4.74 Å². The molecule has 1 heterocycles. The Kier molecular flexibility index (Phi) is 4.97. The summed E-state index contributed by atoms with van der Waals surface area (Å²) < 4.78 is 18.1. The fourth-order valence-corrected chi connectivity index (χ4v) is 2.97. The van der Waals surface area contributed by atoms with E-state index in [0.717, 1.165) is 18.4 Å². The number of nitrogens with zero attached hydrogens (tertiary/aromatic N) is 1. The summed E-state index contributed by atoms with van der Waals surface area (Å²) in [5.74, 6) is -0.270. The Balaban J connectivity index is 2.21. The van der Waals surface area contributed by atoms with Crippen molar-refractivity contribution < 1.29 is 23.8 Å². The molecule has 0 spiro atoms. The number of carbonyl (C=O) groups excluding carboxylic acids is 2. The average Bonchev–Trinajstić information content (AvgIpc) is 3.35. The van der Waals surface area contributed by atoms with Crippen molar-refractivity contribution in [3.05, 3.63) is 29.5 Å². The fraction of sp³-hybridized carbons (Fsp3) is 0.474. The van der Waals surface area contributed by atoms with Crippen LogP contribution in [0.4, 0.5) is 0 Å². The first-order valence-electron chi connectivity index (χ1n) is 8.76. The van der Waals surface area contributed by atoms with Crippen molar-refractivity contribution in [1.29, 1.82) is 0 Å². The highest BCUT2D eigenvalue weighted by Crippen LogP contribution is 2.42. The van der Waals surface area contributed by atoms with Gasteiger partial charge in [0.1, 0.15) is 5.75 Å². The van der Waals surface area contributed by atoms with E-state index in [2.05, 4.69) is 0 Å². The first-order valence-corrected chi connectivity index (χ1v) is 8.76. The van der Waals surface area contributed by atoms with Crippen molar-refractivity contribution in [3.63, 3.8) is 0 Å². The Morgan fingerprint density at radius 3 is 2.32 bits per heavy atom. The van der Waals surface area contributed by atoms with E-state index in [1.54, 1.807) is 26.0 Å². The zero-order valence-corrected chi connectivity index (χ0v) is 14.8. The van der Waals surface area contributed by atoms with E-state index in [9.17, 15) is 9.59 Å². The molecule has 0 unspecified atom stereocenters. The monoisotopic (exact) mass is 345 g/mol. The summed E-state index contributed by atoms with van der Waals surface area (Å²) in [6.45, 7) is 6.45. The molecule has 6 heteroatoms. The lowest BCUT2D eigenvalue weighted by Gasteiger charge is -2.11. The zero-order chi connectivity index (χ0) is 18.0. The van der Waals surface area contributed by atoms with E-state index in [-0.39, 0.29) is 5.97 Å². The van der Waals surface area contributed by atoms with Gasteiger partial charge in [-0.05, 0) is 45.7 Å². The maximum Gasteiger partial charge on any atom is 0.340 e. The molecule has 0 N–H and O–H groups in total. The van der Waals surface area contributed by atoms with Crippen molar-refractivity contribution in [2.24, 2.45) is 0 Å². The van der Waals surface area contributed by atoms with E-state index in [1.807, 2.05) is 17.7 Å². The minimum absolute atomic E-state index is 0.304. The fourth-order valence-electron chi connectivity index (χ4n) is 2.97. The van der Waals surface area contributed by atoms with Crippen LogP contribution in [0.15, 0.2) is 18.3 Å². The number of aromatic nitrogens is 1. The first-order chi connectivity index (χ1) is 12.1. The average molecular weight is 345 g/mol. The van der Waals surface area contributed by atoms with E-state index < -0.39 is 5.97 Å². The summed E-state index contributed by atoms with van der Waals surface area (Å²) in [5, 5.41) is 0.695. The third-order valence-electron chi connectivity index (χ3n) is 4.14. The van der Waals surface area contributed by atoms with Crippen LogP contribution in [-0.4, -0.2) is 36.3 Å². The molecule has 1 aliphatic carbocycles. The molecule has 1 fully saturated rings. The summed E-state index contributed by atoms with van der Waals surface area (Å²) in [6, 6.07) is 3.76. The van der Waals surface area contributed by atoms with Gasteiger partial charge in [0, 0.05) is 12.2 Å². The summed E-state index contributed by atoms with van der Waals surface area (Å²) in [5.41, 5.74) is 1.70. The third-order valence-corrected chi connectivity index (χ3v) is 4.14. The summed E-state index contributed by atoms with van der Waals surface area (Å²) in [4.78, 5) is 24.6. The number of rotatable bonds is 7. The lowest BCUT2D eigenvalue weighted by atomic mass is 10.1. The van der Waals surface area contributed by atoms with Crippen LogP contribution in [0, 0.1) is 0 Å². The van der Waals surface area contributed by atoms with Gasteiger partial charge in [0.25, 0.3) is 0 Å². The Hall–Kier alpha value is -2.50. The molecule has 1 aromatic heterocycles. The van der Waals surface area contributed by atoms with Gasteiger partial charge in [0.15, 0.2) is 0 Å². The van der Waals surface area contributed by atoms with Gasteiger partial charge in [-0.3, -0.25) is 0 Å². The summed E-state index contributed by atoms with van der Waals surface area (Å²) in [7, 11) is 0. The number of esters is 2. The summed E-state index contributed by atoms with van der Waals surface area (Å²) >= 11 is 0. The van der Waals surface area contributed by atoms with Crippen molar-refractivity contribution in [3.8, 4) is 5.75 Å². The standard InChI is InChI=1S/C19H23NO5/c1-4-23-16-10-12(18(21)24-5-2)9-15-17(16)14(19(22)25-6-3)11-20(15)13-7-8-13/h9-11,13H,4-8H2,1-3H3. The van der Waals surface area contributed by atoms with Crippen molar-refractivity contribution in [1.82, 2.24) is 4.57 Å². The number of hydrogen-bond acceptors (Lipinski definition) is 5. The number of benzene rings is 1. The molecule has 0 amide bonds. The molecule has 134 valence electrons. The van der Waals surface area contributed by atoms with Gasteiger partial charge in [0.2, 0.25) is 0 Å². The van der Waals surface area contributed by atoms with Gasteiger partial charge >= 0.3 is 11.9 Å². The van der Waals surface area contributed by atoms with Crippen LogP contribution in [-0.2, 0) is 9.47 Å². The van der Waals surface area contributed by atoms with Crippen LogP contribution in [0.5, 0.6) is 5.75 Å². The van der Waals surface area contributed by atoms with E-state index in [4.69, 9.17) is 14.2 Å². The van der Waals surface area contributed by atoms with Gasteiger partial charge in [-0.15, -0.1) is 0 Å². The Bertz CT molecular complexity index is 804. The van der Waals surface area contributed by atoms with Crippen molar-refractivity contribution in [2.75, 3.05) is 19.8 Å². The molecule has 6 nitrogen and oxygen atoms in total. The second-order valence-electron chi connectivity index (χ2n) is 5.92. The van der Waals surface area contributed by atoms with E-state index in [1.165, 1.54) is 0 Å². The molecule has 3 rings (SSSR count). The third kappa shape index (κ3) is 3.34. The van der Waals surface area contributed by atoms with E-state index in [0.29, 0.717) is 48.1 Å². The molecule has 0 bridgehead atoms. The van der Waals surface area contributed by atoms with Crippen LogP contribution in [0.25, 0.3) is 10.9 Å². The molecule has 0 aliphatic heterocycles. The zero-order valence-electron chi connectivity index (χ0n) is 14.8. The lowest BCUT2D eigenvalue weighted by Crippen LogP contribution is -2.07. The molecule has 0 radical (unpaired) electrons. The van der Waals surface area contributed by atoms with Crippen molar-refractivity contribution in [2.45, 2.75) is 39.7 Å². The Morgan fingerprint density at radius 1 is 1.04 bits per heavy atom. The minimum Gasteiger partial charge on any atom is -0.493 e. The molecular weight excluding hydrogens is 322 g/mol. The SMILES string of the molecule is CCOC(=O)c1cc(OCC)c2c(C(=O)OCC)cn(C3CC3)c2c1. The highest BCUT2D eigenvalue weighted by Gasteiger charge is 2.30. The second kappa shape index (κ2) is 7.17. The molecule has 1 saturated carbocycles. The molecular formula is C19H23NO5. The van der Waals surface area contributed by atoms with Crippen LogP contribution >= 0.6 is 0 Å². The van der Waals surface area contributed by atoms with Crippen LogP contribution in [0.1, 0.15) is 60.4 Å². The molecule has 1 aliphatic rings. The normalized spacial score (nSPS) is 13.7. The van der Waals surface area contributed by atoms with Gasteiger partial charge < -0.3 is 18.8 Å². The number of carbonyl (C=O) groups is 2. The largest absolute Gasteiger partial charge is 0.493 e. The number of hydrogen-bond donors (Lipinski definition) is 0. The van der Waals surface area contributed by atoms with Crippen LogP contribution in [0.3, 0.4) is 0 Å². The van der Waals surface area contributed by atoms with Crippen molar-refractivity contribution >= 4 is 22.8 Å². The molecule has 0 atom stereocenters. The minimum atomic E-state index is -0.397. The smallest absolute Gasteiger partial charge is 0.340 e. The van der Waals surface area contributed by atoms with Gasteiger partial charge in [-0.2, -0.15) is 0 Å². The lowest BCUT2D eigenvalue weighted by molar-refractivity contribution is 0.0518. The molecule has 1 aromatic carbocycles. The predicted molar refractivity (Wildman–Crippen MR) is 93.3 cm³/mol. The number of ether oxygens (including phenoxy) is 3. The van der Waals surface area contributed by atoms with Gasteiger partial charge in [-0.1, -0.05) is 0 Å². The topological polar surface area (TPSA) is 66.8 Å². The van der Waals surface area contributed by atoms with E-state index >= 15 is 0 Å². The highest BCUT2D eigenvalue weighted by molar-refractivity contribution is 6.09. The second-order valence-corrected chi connectivity index (χ2v) is 5.92. The van der Waals surface area contributed by atoms with Crippen LogP contribution in [0.2, 0.25) is 0 Å². The molecule has 25 heavy (non-hydrogen) atoms. The molecule has 0 saturated heterocycles. The number of fused-ring (bicyclic) bond motifs is 1. The maximum absolute atomic E-state index is 12.4. The molecule has 2 aromatic rings. The maximum atomic E-state index is 12.4.